The van der Waals surface area contributed by atoms with Gasteiger partial charge in [0.25, 0.3) is 0 Å². The number of amides is 1. The Morgan fingerprint density at radius 1 is 1.35 bits per heavy atom. The molecule has 4 rings (SSSR count). The normalized spacial score (nSPS) is 29.6. The predicted molar refractivity (Wildman–Crippen MR) is 70.1 cm³/mol. The van der Waals surface area contributed by atoms with E-state index in [1.165, 1.54) is 17.7 Å². The predicted octanol–water partition coefficient (Wildman–Crippen LogP) is 3.31. The lowest BCUT2D eigenvalue weighted by atomic mass is 10.0. The molecule has 2 saturated carbocycles. The van der Waals surface area contributed by atoms with Gasteiger partial charge in [-0.05, 0) is 54.9 Å². The fourth-order valence-electron chi connectivity index (χ4n) is 2.99. The van der Waals surface area contributed by atoms with Gasteiger partial charge in [0.2, 0.25) is 5.91 Å². The SMILES string of the molecule is O=C(C1CC1)N1CC2CC2c2cc(Br)ccc21. The van der Waals surface area contributed by atoms with E-state index in [9.17, 15) is 4.79 Å². The number of rotatable bonds is 1. The van der Waals surface area contributed by atoms with Crippen molar-refractivity contribution in [1.82, 2.24) is 0 Å². The van der Waals surface area contributed by atoms with E-state index in [0.29, 0.717) is 17.7 Å². The van der Waals surface area contributed by atoms with Crippen molar-refractivity contribution in [2.24, 2.45) is 11.8 Å². The largest absolute Gasteiger partial charge is 0.312 e. The Labute approximate surface area is 109 Å². The fourth-order valence-corrected chi connectivity index (χ4v) is 3.37. The summed E-state index contributed by atoms with van der Waals surface area (Å²) in [4.78, 5) is 14.3. The van der Waals surface area contributed by atoms with Crippen LogP contribution in [0.5, 0.6) is 0 Å². The zero-order valence-electron chi connectivity index (χ0n) is 9.53. The van der Waals surface area contributed by atoms with Gasteiger partial charge in [0, 0.05) is 22.6 Å². The minimum Gasteiger partial charge on any atom is -0.312 e. The highest BCUT2D eigenvalue weighted by Crippen LogP contribution is 2.55. The maximum absolute atomic E-state index is 12.3. The van der Waals surface area contributed by atoms with Crippen molar-refractivity contribution in [3.05, 3.63) is 28.2 Å². The number of carbonyl (C=O) groups is 1. The third kappa shape index (κ3) is 1.55. The van der Waals surface area contributed by atoms with Crippen molar-refractivity contribution >= 4 is 27.5 Å². The maximum atomic E-state index is 12.3. The van der Waals surface area contributed by atoms with Gasteiger partial charge < -0.3 is 4.90 Å². The highest BCUT2D eigenvalue weighted by atomic mass is 79.9. The molecule has 2 aliphatic carbocycles. The summed E-state index contributed by atoms with van der Waals surface area (Å²) in [7, 11) is 0. The van der Waals surface area contributed by atoms with E-state index in [0.717, 1.165) is 29.8 Å². The lowest BCUT2D eigenvalue weighted by Gasteiger charge is -2.29. The highest BCUT2D eigenvalue weighted by Gasteiger charge is 2.48. The Bertz CT molecular complexity index is 509. The molecule has 0 saturated heterocycles. The smallest absolute Gasteiger partial charge is 0.230 e. The third-order valence-corrected chi connectivity index (χ3v) is 4.71. The van der Waals surface area contributed by atoms with Gasteiger partial charge in [-0.25, -0.2) is 0 Å². The second kappa shape index (κ2) is 3.35. The minimum absolute atomic E-state index is 0.321. The second-order valence-corrected chi connectivity index (χ2v) is 6.44. The van der Waals surface area contributed by atoms with E-state index in [-0.39, 0.29) is 0 Å². The highest BCUT2D eigenvalue weighted by molar-refractivity contribution is 9.10. The molecule has 2 atom stereocenters. The fraction of sp³-hybridized carbons (Fsp3) is 0.500. The van der Waals surface area contributed by atoms with Crippen LogP contribution >= 0.6 is 15.9 Å². The van der Waals surface area contributed by atoms with Crippen LogP contribution in [0.3, 0.4) is 0 Å². The van der Waals surface area contributed by atoms with Crippen LogP contribution in [0.25, 0.3) is 0 Å². The number of halogens is 1. The monoisotopic (exact) mass is 291 g/mol. The first-order valence-electron chi connectivity index (χ1n) is 6.35. The summed E-state index contributed by atoms with van der Waals surface area (Å²) in [6.07, 6.45) is 3.45. The molecule has 88 valence electrons. The third-order valence-electron chi connectivity index (χ3n) is 4.21. The summed E-state index contributed by atoms with van der Waals surface area (Å²) in [5, 5.41) is 0. The molecular weight excluding hydrogens is 278 g/mol. The second-order valence-electron chi connectivity index (χ2n) is 5.53. The Hall–Kier alpha value is -0.830. The van der Waals surface area contributed by atoms with Crippen molar-refractivity contribution in [2.45, 2.75) is 25.2 Å². The van der Waals surface area contributed by atoms with Gasteiger partial charge in [0.1, 0.15) is 0 Å². The van der Waals surface area contributed by atoms with Crippen LogP contribution in [-0.2, 0) is 4.79 Å². The Morgan fingerprint density at radius 3 is 2.94 bits per heavy atom. The Balaban J connectivity index is 1.77. The molecule has 0 bridgehead atoms. The molecule has 1 aromatic carbocycles. The molecule has 17 heavy (non-hydrogen) atoms. The van der Waals surface area contributed by atoms with Crippen molar-refractivity contribution in [2.75, 3.05) is 11.4 Å². The molecule has 2 nitrogen and oxygen atoms in total. The van der Waals surface area contributed by atoms with Gasteiger partial charge >= 0.3 is 0 Å². The molecule has 2 unspecified atom stereocenters. The molecular formula is C14H14BrNO. The van der Waals surface area contributed by atoms with Crippen LogP contribution in [0, 0.1) is 11.8 Å². The summed E-state index contributed by atoms with van der Waals surface area (Å²) in [5.41, 5.74) is 2.55. The van der Waals surface area contributed by atoms with Gasteiger partial charge in [-0.2, -0.15) is 0 Å². The first-order valence-corrected chi connectivity index (χ1v) is 7.14. The first kappa shape index (κ1) is 10.1. The quantitative estimate of drug-likeness (QED) is 0.777. The zero-order valence-corrected chi connectivity index (χ0v) is 11.1. The van der Waals surface area contributed by atoms with Crippen molar-refractivity contribution < 1.29 is 4.79 Å². The van der Waals surface area contributed by atoms with Gasteiger partial charge in [0.15, 0.2) is 0 Å². The van der Waals surface area contributed by atoms with Crippen molar-refractivity contribution in [1.29, 1.82) is 0 Å². The molecule has 0 aromatic heterocycles. The van der Waals surface area contributed by atoms with E-state index < -0.39 is 0 Å². The van der Waals surface area contributed by atoms with Gasteiger partial charge in [0.05, 0.1) is 0 Å². The number of carbonyl (C=O) groups excluding carboxylic acids is 1. The number of nitrogens with zero attached hydrogens (tertiary/aromatic N) is 1. The van der Waals surface area contributed by atoms with Crippen molar-refractivity contribution in [3.63, 3.8) is 0 Å². The van der Waals surface area contributed by atoms with Crippen LogP contribution in [0.1, 0.15) is 30.7 Å². The zero-order chi connectivity index (χ0) is 11.6. The summed E-state index contributed by atoms with van der Waals surface area (Å²) >= 11 is 3.53. The average Bonchev–Trinajstić information content (AvgIpc) is 3.18. The standard InChI is InChI=1S/C14H14BrNO/c15-10-3-4-13-12(6-10)11-5-9(11)7-16(13)14(17)8-1-2-8/h3-4,6,8-9,11H,1-2,5,7H2. The molecule has 1 aliphatic heterocycles. The number of anilines is 1. The molecule has 0 spiro atoms. The lowest BCUT2D eigenvalue weighted by Crippen LogP contribution is -2.36. The number of benzene rings is 1. The molecule has 1 amide bonds. The molecule has 0 N–H and O–H groups in total. The summed E-state index contributed by atoms with van der Waals surface area (Å²) in [5.74, 6) is 2.12. The lowest BCUT2D eigenvalue weighted by molar-refractivity contribution is -0.119. The summed E-state index contributed by atoms with van der Waals surface area (Å²) in [6, 6.07) is 6.36. The van der Waals surface area contributed by atoms with E-state index >= 15 is 0 Å². The van der Waals surface area contributed by atoms with Gasteiger partial charge in [-0.1, -0.05) is 15.9 Å². The van der Waals surface area contributed by atoms with Crippen LogP contribution in [0.2, 0.25) is 0 Å². The number of fused-ring (bicyclic) bond motifs is 3. The molecule has 3 aliphatic rings. The van der Waals surface area contributed by atoms with Crippen LogP contribution in [0.4, 0.5) is 5.69 Å². The molecule has 1 aromatic rings. The van der Waals surface area contributed by atoms with Crippen LogP contribution in [0.15, 0.2) is 22.7 Å². The number of hydrogen-bond donors (Lipinski definition) is 0. The van der Waals surface area contributed by atoms with E-state index in [4.69, 9.17) is 0 Å². The molecule has 2 fully saturated rings. The Morgan fingerprint density at radius 2 is 2.18 bits per heavy atom. The maximum Gasteiger partial charge on any atom is 0.230 e. The first-order chi connectivity index (χ1) is 8.24. The average molecular weight is 292 g/mol. The topological polar surface area (TPSA) is 20.3 Å². The summed E-state index contributed by atoms with van der Waals surface area (Å²) in [6.45, 7) is 0.953. The van der Waals surface area contributed by atoms with E-state index in [1.807, 2.05) is 4.90 Å². The minimum atomic E-state index is 0.321. The van der Waals surface area contributed by atoms with Crippen LogP contribution in [-0.4, -0.2) is 12.5 Å². The Kier molecular flexibility index (Phi) is 1.99. The molecule has 0 radical (unpaired) electrons. The van der Waals surface area contributed by atoms with E-state index in [2.05, 4.69) is 34.1 Å². The molecule has 3 heteroatoms. The van der Waals surface area contributed by atoms with Crippen molar-refractivity contribution in [3.8, 4) is 0 Å². The molecule has 1 heterocycles. The number of hydrogen-bond acceptors (Lipinski definition) is 1. The van der Waals surface area contributed by atoms with E-state index in [1.54, 1.807) is 0 Å². The summed E-state index contributed by atoms with van der Waals surface area (Å²) < 4.78 is 1.13. The van der Waals surface area contributed by atoms with Gasteiger partial charge in [-0.3, -0.25) is 4.79 Å². The van der Waals surface area contributed by atoms with Gasteiger partial charge in [-0.15, -0.1) is 0 Å². The van der Waals surface area contributed by atoms with Crippen LogP contribution < -0.4 is 4.90 Å².